The number of hydrogen-bond donors (Lipinski definition) is 1. The van der Waals surface area contributed by atoms with Crippen LogP contribution in [0, 0.1) is 16.7 Å². The van der Waals surface area contributed by atoms with Crippen molar-refractivity contribution in [3.05, 3.63) is 48.0 Å². The van der Waals surface area contributed by atoms with E-state index in [1.807, 2.05) is 30.3 Å². The van der Waals surface area contributed by atoms with Gasteiger partial charge in [-0.15, -0.1) is 0 Å². The lowest BCUT2D eigenvalue weighted by atomic mass is 9.97. The van der Waals surface area contributed by atoms with Gasteiger partial charge in [0.05, 0.1) is 18.2 Å². The maximum atomic E-state index is 9.31. The molecule has 0 heterocycles. The summed E-state index contributed by atoms with van der Waals surface area (Å²) in [6.07, 6.45) is 0. The SMILES string of the molecule is CC(C)(C)COc1ccccc1-c1ccc(N)cc1C#N. The predicted octanol–water partition coefficient (Wildman–Crippen LogP) is 4.23. The lowest BCUT2D eigenvalue weighted by molar-refractivity contribution is 0.198. The summed E-state index contributed by atoms with van der Waals surface area (Å²) in [6, 6.07) is 15.3. The van der Waals surface area contributed by atoms with Crippen molar-refractivity contribution in [3.8, 4) is 22.9 Å². The molecule has 0 aromatic heterocycles. The van der Waals surface area contributed by atoms with Crippen LogP contribution in [0.2, 0.25) is 0 Å². The molecule has 2 aromatic carbocycles. The zero-order valence-corrected chi connectivity index (χ0v) is 12.7. The van der Waals surface area contributed by atoms with E-state index in [2.05, 4.69) is 26.8 Å². The number of benzene rings is 2. The van der Waals surface area contributed by atoms with Gasteiger partial charge in [-0.25, -0.2) is 0 Å². The van der Waals surface area contributed by atoms with Crippen LogP contribution in [0.15, 0.2) is 42.5 Å². The van der Waals surface area contributed by atoms with Crippen molar-refractivity contribution in [2.24, 2.45) is 5.41 Å². The Morgan fingerprint density at radius 3 is 2.48 bits per heavy atom. The van der Waals surface area contributed by atoms with Gasteiger partial charge in [-0.2, -0.15) is 5.26 Å². The highest BCUT2D eigenvalue weighted by molar-refractivity contribution is 5.77. The van der Waals surface area contributed by atoms with E-state index in [0.29, 0.717) is 17.9 Å². The number of nitrogens with zero attached hydrogens (tertiary/aromatic N) is 1. The van der Waals surface area contributed by atoms with Crippen LogP contribution in [0.5, 0.6) is 5.75 Å². The number of rotatable bonds is 3. The van der Waals surface area contributed by atoms with Crippen molar-refractivity contribution in [1.29, 1.82) is 5.26 Å². The molecule has 0 aliphatic carbocycles. The summed E-state index contributed by atoms with van der Waals surface area (Å²) in [5, 5.41) is 9.31. The number of nitrogens with two attached hydrogens (primary N) is 1. The molecule has 0 saturated heterocycles. The van der Waals surface area contributed by atoms with Gasteiger partial charge in [-0.05, 0) is 23.6 Å². The molecular formula is C18H20N2O. The number of para-hydroxylation sites is 1. The predicted molar refractivity (Wildman–Crippen MR) is 86.0 cm³/mol. The number of nitriles is 1. The molecule has 0 spiro atoms. The van der Waals surface area contributed by atoms with Crippen molar-refractivity contribution < 1.29 is 4.74 Å². The Bertz CT molecular complexity index is 678. The first-order valence-electron chi connectivity index (χ1n) is 6.92. The highest BCUT2D eigenvalue weighted by Crippen LogP contribution is 2.33. The van der Waals surface area contributed by atoms with Gasteiger partial charge >= 0.3 is 0 Å². The van der Waals surface area contributed by atoms with Crippen LogP contribution in [0.25, 0.3) is 11.1 Å². The van der Waals surface area contributed by atoms with Crippen LogP contribution in [0.3, 0.4) is 0 Å². The van der Waals surface area contributed by atoms with Gasteiger partial charge in [0.2, 0.25) is 0 Å². The van der Waals surface area contributed by atoms with Gasteiger partial charge in [0.25, 0.3) is 0 Å². The topological polar surface area (TPSA) is 59.0 Å². The quantitative estimate of drug-likeness (QED) is 0.856. The highest BCUT2D eigenvalue weighted by Gasteiger charge is 2.15. The Morgan fingerprint density at radius 1 is 1.10 bits per heavy atom. The summed E-state index contributed by atoms with van der Waals surface area (Å²) in [5.74, 6) is 0.786. The monoisotopic (exact) mass is 280 g/mol. The molecule has 0 radical (unpaired) electrons. The van der Waals surface area contributed by atoms with E-state index in [-0.39, 0.29) is 5.41 Å². The Morgan fingerprint density at radius 2 is 1.81 bits per heavy atom. The molecule has 108 valence electrons. The summed E-state index contributed by atoms with van der Waals surface area (Å²) in [4.78, 5) is 0. The Hall–Kier alpha value is -2.47. The second-order valence-corrected chi connectivity index (χ2v) is 6.26. The molecule has 0 atom stereocenters. The summed E-state index contributed by atoms with van der Waals surface area (Å²) >= 11 is 0. The minimum atomic E-state index is 0.0757. The second kappa shape index (κ2) is 5.88. The molecule has 2 rings (SSSR count). The van der Waals surface area contributed by atoms with Gasteiger partial charge in [0.1, 0.15) is 5.75 Å². The van der Waals surface area contributed by atoms with E-state index in [0.717, 1.165) is 16.9 Å². The van der Waals surface area contributed by atoms with E-state index in [9.17, 15) is 5.26 Å². The van der Waals surface area contributed by atoms with Crippen LogP contribution >= 0.6 is 0 Å². The van der Waals surface area contributed by atoms with E-state index in [1.165, 1.54) is 0 Å². The zero-order chi connectivity index (χ0) is 15.5. The molecular weight excluding hydrogens is 260 g/mol. The van der Waals surface area contributed by atoms with Crippen molar-refractivity contribution >= 4 is 5.69 Å². The average molecular weight is 280 g/mol. The van der Waals surface area contributed by atoms with Crippen molar-refractivity contribution in [2.75, 3.05) is 12.3 Å². The minimum Gasteiger partial charge on any atom is -0.492 e. The average Bonchev–Trinajstić information content (AvgIpc) is 2.44. The molecule has 2 N–H and O–H groups in total. The fourth-order valence-electron chi connectivity index (χ4n) is 2.00. The summed E-state index contributed by atoms with van der Waals surface area (Å²) in [5.41, 5.74) is 8.73. The lowest BCUT2D eigenvalue weighted by Crippen LogP contribution is -2.17. The normalized spacial score (nSPS) is 11.0. The van der Waals surface area contributed by atoms with Crippen LogP contribution in [-0.4, -0.2) is 6.61 Å². The maximum Gasteiger partial charge on any atom is 0.127 e. The van der Waals surface area contributed by atoms with Gasteiger partial charge < -0.3 is 10.5 Å². The zero-order valence-electron chi connectivity index (χ0n) is 12.7. The highest BCUT2D eigenvalue weighted by atomic mass is 16.5. The first kappa shape index (κ1) is 14.9. The van der Waals surface area contributed by atoms with E-state index in [1.54, 1.807) is 12.1 Å². The molecule has 0 saturated carbocycles. The van der Waals surface area contributed by atoms with Crippen molar-refractivity contribution in [2.45, 2.75) is 20.8 Å². The number of anilines is 1. The second-order valence-electron chi connectivity index (χ2n) is 6.26. The molecule has 0 bridgehead atoms. The molecule has 0 aliphatic heterocycles. The van der Waals surface area contributed by atoms with Crippen LogP contribution in [0.1, 0.15) is 26.3 Å². The van der Waals surface area contributed by atoms with Gasteiger partial charge in [0, 0.05) is 16.8 Å². The fourth-order valence-corrected chi connectivity index (χ4v) is 2.00. The first-order chi connectivity index (χ1) is 9.90. The van der Waals surface area contributed by atoms with Crippen LogP contribution < -0.4 is 10.5 Å². The molecule has 3 heteroatoms. The van der Waals surface area contributed by atoms with Crippen LogP contribution in [-0.2, 0) is 0 Å². The van der Waals surface area contributed by atoms with E-state index < -0.39 is 0 Å². The van der Waals surface area contributed by atoms with E-state index >= 15 is 0 Å². The third-order valence-electron chi connectivity index (χ3n) is 3.00. The number of nitrogen functional groups attached to an aromatic ring is 1. The third kappa shape index (κ3) is 3.76. The largest absolute Gasteiger partial charge is 0.492 e. The standard InChI is InChI=1S/C18H20N2O/c1-18(2,3)12-21-17-7-5-4-6-16(17)15-9-8-14(20)10-13(15)11-19/h4-10H,12,20H2,1-3H3. The minimum absolute atomic E-state index is 0.0757. The summed E-state index contributed by atoms with van der Waals surface area (Å²) in [6.45, 7) is 6.99. The fraction of sp³-hybridized carbons (Fsp3) is 0.278. The third-order valence-corrected chi connectivity index (χ3v) is 3.00. The molecule has 0 aliphatic rings. The molecule has 0 amide bonds. The maximum absolute atomic E-state index is 9.31. The van der Waals surface area contributed by atoms with Gasteiger partial charge in [-0.1, -0.05) is 45.0 Å². The Labute approximate surface area is 126 Å². The smallest absolute Gasteiger partial charge is 0.127 e. The number of ether oxygens (including phenoxy) is 1. The Kier molecular flexibility index (Phi) is 4.18. The van der Waals surface area contributed by atoms with Gasteiger partial charge in [-0.3, -0.25) is 0 Å². The molecule has 3 nitrogen and oxygen atoms in total. The number of hydrogen-bond acceptors (Lipinski definition) is 3. The van der Waals surface area contributed by atoms with Gasteiger partial charge in [0.15, 0.2) is 0 Å². The summed E-state index contributed by atoms with van der Waals surface area (Å²) < 4.78 is 5.95. The Balaban J connectivity index is 2.43. The van der Waals surface area contributed by atoms with Crippen molar-refractivity contribution in [3.63, 3.8) is 0 Å². The lowest BCUT2D eigenvalue weighted by Gasteiger charge is -2.20. The van der Waals surface area contributed by atoms with Crippen LogP contribution in [0.4, 0.5) is 5.69 Å². The molecule has 0 fully saturated rings. The first-order valence-corrected chi connectivity index (χ1v) is 6.92. The molecule has 21 heavy (non-hydrogen) atoms. The van der Waals surface area contributed by atoms with Crippen molar-refractivity contribution in [1.82, 2.24) is 0 Å². The summed E-state index contributed by atoms with van der Waals surface area (Å²) in [7, 11) is 0. The molecule has 2 aromatic rings. The van der Waals surface area contributed by atoms with E-state index in [4.69, 9.17) is 10.5 Å². The molecule has 0 unspecified atom stereocenters.